The Labute approximate surface area is 131 Å². The van der Waals surface area contributed by atoms with Gasteiger partial charge in [0.1, 0.15) is 5.75 Å². The lowest BCUT2D eigenvalue weighted by molar-refractivity contribution is 0.0954. The highest BCUT2D eigenvalue weighted by Crippen LogP contribution is 2.14. The molecule has 2 aromatic rings. The van der Waals surface area contributed by atoms with E-state index < -0.39 is 0 Å². The van der Waals surface area contributed by atoms with Crippen molar-refractivity contribution in [1.29, 1.82) is 0 Å². The van der Waals surface area contributed by atoms with Gasteiger partial charge in [-0.25, -0.2) is 5.43 Å². The van der Waals surface area contributed by atoms with Crippen LogP contribution in [0, 0.1) is 3.57 Å². The van der Waals surface area contributed by atoms with E-state index in [9.17, 15) is 4.79 Å². The first-order valence-electron chi connectivity index (χ1n) is 5.93. The second-order valence-corrected chi connectivity index (χ2v) is 5.08. The summed E-state index contributed by atoms with van der Waals surface area (Å²) in [5.41, 5.74) is 3.92. The van der Waals surface area contributed by atoms with Crippen LogP contribution in [0.2, 0.25) is 0 Å². The Kier molecular flexibility index (Phi) is 5.11. The van der Waals surface area contributed by atoms with Crippen LogP contribution in [-0.2, 0) is 0 Å². The molecule has 0 aliphatic rings. The normalized spacial score (nSPS) is 10.5. The van der Waals surface area contributed by atoms with Gasteiger partial charge in [0.2, 0.25) is 0 Å². The first-order chi connectivity index (χ1) is 9.72. The van der Waals surface area contributed by atoms with E-state index in [1.54, 1.807) is 19.4 Å². The van der Waals surface area contributed by atoms with Gasteiger partial charge in [-0.15, -0.1) is 0 Å². The number of methoxy groups -OCH3 is 1. The minimum atomic E-state index is -0.235. The Morgan fingerprint density at radius 3 is 2.65 bits per heavy atom. The number of nitrogens with one attached hydrogen (secondary N) is 1. The molecule has 102 valence electrons. The first kappa shape index (κ1) is 14.5. The van der Waals surface area contributed by atoms with Crippen LogP contribution in [0.4, 0.5) is 0 Å². The fourth-order valence-corrected chi connectivity index (χ4v) is 2.27. The number of ether oxygens (including phenoxy) is 1. The van der Waals surface area contributed by atoms with Gasteiger partial charge in [-0.2, -0.15) is 5.10 Å². The van der Waals surface area contributed by atoms with Crippen LogP contribution in [0.25, 0.3) is 0 Å². The van der Waals surface area contributed by atoms with Crippen LogP contribution < -0.4 is 10.2 Å². The first-order valence-corrected chi connectivity index (χ1v) is 7.01. The van der Waals surface area contributed by atoms with Gasteiger partial charge >= 0.3 is 0 Å². The highest BCUT2D eigenvalue weighted by atomic mass is 127. The average Bonchev–Trinajstić information content (AvgIpc) is 2.48. The smallest absolute Gasteiger partial charge is 0.272 e. The zero-order chi connectivity index (χ0) is 14.4. The summed E-state index contributed by atoms with van der Waals surface area (Å²) < 4.78 is 6.09. The minimum Gasteiger partial charge on any atom is -0.496 e. The Morgan fingerprint density at radius 1 is 1.20 bits per heavy atom. The summed E-state index contributed by atoms with van der Waals surface area (Å²) in [6.45, 7) is 0. The quantitative estimate of drug-likeness (QED) is 0.504. The largest absolute Gasteiger partial charge is 0.496 e. The number of benzene rings is 2. The van der Waals surface area contributed by atoms with Crippen LogP contribution in [0.5, 0.6) is 5.75 Å². The van der Waals surface area contributed by atoms with E-state index in [-0.39, 0.29) is 5.91 Å². The van der Waals surface area contributed by atoms with Crippen molar-refractivity contribution < 1.29 is 9.53 Å². The van der Waals surface area contributed by atoms with Crippen molar-refractivity contribution >= 4 is 34.7 Å². The topological polar surface area (TPSA) is 50.7 Å². The summed E-state index contributed by atoms with van der Waals surface area (Å²) in [6.07, 6.45) is 1.56. The van der Waals surface area contributed by atoms with Crippen LogP contribution >= 0.6 is 22.6 Å². The maximum absolute atomic E-state index is 11.9. The maximum atomic E-state index is 11.9. The highest BCUT2D eigenvalue weighted by molar-refractivity contribution is 14.1. The second kappa shape index (κ2) is 7.04. The fraction of sp³-hybridized carbons (Fsp3) is 0.0667. The number of amides is 1. The molecule has 0 atom stereocenters. The number of halogens is 1. The van der Waals surface area contributed by atoms with E-state index in [1.165, 1.54) is 0 Å². The van der Waals surface area contributed by atoms with Gasteiger partial charge in [-0.05, 0) is 46.9 Å². The number of hydrazone groups is 1. The molecule has 0 radical (unpaired) electrons. The lowest BCUT2D eigenvalue weighted by Gasteiger charge is -2.04. The molecule has 0 spiro atoms. The molecule has 2 rings (SSSR count). The SMILES string of the molecule is COc1ccccc1C=NNC(=O)c1ccccc1I. The van der Waals surface area contributed by atoms with Gasteiger partial charge in [0.25, 0.3) is 5.91 Å². The third-order valence-electron chi connectivity index (χ3n) is 2.63. The van der Waals surface area contributed by atoms with Gasteiger partial charge in [-0.3, -0.25) is 4.79 Å². The van der Waals surface area contributed by atoms with Crippen molar-refractivity contribution in [3.05, 3.63) is 63.2 Å². The van der Waals surface area contributed by atoms with Gasteiger partial charge in [0.05, 0.1) is 18.9 Å². The van der Waals surface area contributed by atoms with E-state index in [1.807, 2.05) is 42.5 Å². The Bertz CT molecular complexity index is 641. The number of hydrogen-bond acceptors (Lipinski definition) is 3. The van der Waals surface area contributed by atoms with Gasteiger partial charge in [-0.1, -0.05) is 24.3 Å². The minimum absolute atomic E-state index is 0.235. The van der Waals surface area contributed by atoms with Gasteiger partial charge < -0.3 is 4.74 Å². The van der Waals surface area contributed by atoms with Crippen LogP contribution in [0.15, 0.2) is 53.6 Å². The summed E-state index contributed by atoms with van der Waals surface area (Å²) in [5.74, 6) is 0.473. The molecule has 0 saturated heterocycles. The third-order valence-corrected chi connectivity index (χ3v) is 3.57. The molecule has 0 saturated carbocycles. The van der Waals surface area contributed by atoms with Crippen molar-refractivity contribution in [2.24, 2.45) is 5.10 Å². The predicted octanol–water partition coefficient (Wildman–Crippen LogP) is 3.06. The zero-order valence-electron chi connectivity index (χ0n) is 10.8. The highest BCUT2D eigenvalue weighted by Gasteiger charge is 2.07. The van der Waals surface area contributed by atoms with Gasteiger partial charge in [0.15, 0.2) is 0 Å². The lowest BCUT2D eigenvalue weighted by atomic mass is 10.2. The third kappa shape index (κ3) is 3.57. The molecule has 1 N–H and O–H groups in total. The Hall–Kier alpha value is -1.89. The molecule has 0 aromatic heterocycles. The number of para-hydroxylation sites is 1. The maximum Gasteiger partial charge on any atom is 0.272 e. The molecule has 0 bridgehead atoms. The lowest BCUT2D eigenvalue weighted by Crippen LogP contribution is -2.18. The summed E-state index contributed by atoms with van der Waals surface area (Å²) in [7, 11) is 1.59. The molecule has 0 aliphatic heterocycles. The van der Waals surface area contributed by atoms with E-state index in [2.05, 4.69) is 33.1 Å². The average molecular weight is 380 g/mol. The molecule has 20 heavy (non-hydrogen) atoms. The molecule has 4 nitrogen and oxygen atoms in total. The molecular weight excluding hydrogens is 367 g/mol. The van der Waals surface area contributed by atoms with Crippen molar-refractivity contribution in [3.8, 4) is 5.75 Å². The molecule has 0 aliphatic carbocycles. The summed E-state index contributed by atoms with van der Waals surface area (Å²) in [5, 5.41) is 3.96. The standard InChI is InChI=1S/C15H13IN2O2/c1-20-14-9-5-2-6-11(14)10-17-18-15(19)12-7-3-4-8-13(12)16/h2-10H,1H3,(H,18,19). The molecule has 1 amide bonds. The second-order valence-electron chi connectivity index (χ2n) is 3.92. The summed E-state index contributed by atoms with van der Waals surface area (Å²) in [4.78, 5) is 11.9. The van der Waals surface area contributed by atoms with Gasteiger partial charge in [0, 0.05) is 9.13 Å². The molecule has 2 aromatic carbocycles. The van der Waals surface area contributed by atoms with E-state index in [0.717, 1.165) is 9.13 Å². The number of carbonyl (C=O) groups excluding carboxylic acids is 1. The van der Waals surface area contributed by atoms with Crippen LogP contribution in [0.1, 0.15) is 15.9 Å². The fourth-order valence-electron chi connectivity index (χ4n) is 1.64. The predicted molar refractivity (Wildman–Crippen MR) is 87.2 cm³/mol. The van der Waals surface area contributed by atoms with Crippen molar-refractivity contribution in [3.63, 3.8) is 0 Å². The van der Waals surface area contributed by atoms with Crippen molar-refractivity contribution in [2.75, 3.05) is 7.11 Å². The molecule has 0 fully saturated rings. The molecular formula is C15H13IN2O2. The van der Waals surface area contributed by atoms with E-state index in [0.29, 0.717) is 11.3 Å². The Balaban J connectivity index is 2.07. The number of rotatable bonds is 4. The summed E-state index contributed by atoms with van der Waals surface area (Å²) >= 11 is 2.12. The van der Waals surface area contributed by atoms with Crippen LogP contribution in [-0.4, -0.2) is 19.2 Å². The van der Waals surface area contributed by atoms with E-state index >= 15 is 0 Å². The monoisotopic (exact) mass is 380 g/mol. The van der Waals surface area contributed by atoms with E-state index in [4.69, 9.17) is 4.74 Å². The number of nitrogens with zero attached hydrogens (tertiary/aromatic N) is 1. The van der Waals surface area contributed by atoms with Crippen LogP contribution in [0.3, 0.4) is 0 Å². The molecule has 0 heterocycles. The van der Waals surface area contributed by atoms with Crippen molar-refractivity contribution in [2.45, 2.75) is 0 Å². The Morgan fingerprint density at radius 2 is 1.90 bits per heavy atom. The number of carbonyl (C=O) groups is 1. The zero-order valence-corrected chi connectivity index (χ0v) is 13.0. The summed E-state index contributed by atoms with van der Waals surface area (Å²) in [6, 6.07) is 14.8. The number of hydrogen-bond donors (Lipinski definition) is 1. The van der Waals surface area contributed by atoms with Crippen molar-refractivity contribution in [1.82, 2.24) is 5.43 Å². The molecule has 0 unspecified atom stereocenters. The molecule has 5 heteroatoms.